The van der Waals surface area contributed by atoms with Crippen molar-refractivity contribution in [2.24, 2.45) is 0 Å². The molecule has 134 valence electrons. The highest BCUT2D eigenvalue weighted by Crippen LogP contribution is 2.02. The molecule has 0 unspecified atom stereocenters. The molecule has 0 aromatic heterocycles. The lowest BCUT2D eigenvalue weighted by Crippen LogP contribution is -2.28. The van der Waals surface area contributed by atoms with Crippen molar-refractivity contribution in [2.75, 3.05) is 64.8 Å². The van der Waals surface area contributed by atoms with Gasteiger partial charge in [0.15, 0.2) is 0 Å². The van der Waals surface area contributed by atoms with E-state index in [4.69, 9.17) is 17.0 Å². The van der Waals surface area contributed by atoms with Gasteiger partial charge in [-0.1, -0.05) is 39.9 Å². The van der Waals surface area contributed by atoms with Crippen LogP contribution in [0.3, 0.4) is 0 Å². The first-order valence-electron chi connectivity index (χ1n) is 8.52. The summed E-state index contributed by atoms with van der Waals surface area (Å²) in [5, 5.41) is 3.00. The van der Waals surface area contributed by atoms with Gasteiger partial charge in [-0.2, -0.15) is 0 Å². The third-order valence-electron chi connectivity index (χ3n) is 3.83. The molecule has 0 atom stereocenters. The van der Waals surface area contributed by atoms with Gasteiger partial charge < -0.3 is 19.9 Å². The van der Waals surface area contributed by atoms with Crippen LogP contribution in [0.25, 0.3) is 0 Å². The van der Waals surface area contributed by atoms with E-state index in [2.05, 4.69) is 49.9 Å². The van der Waals surface area contributed by atoms with Gasteiger partial charge in [-0.3, -0.25) is 4.79 Å². The molecule has 5 nitrogen and oxygen atoms in total. The molecule has 23 heavy (non-hydrogen) atoms. The fourth-order valence-electron chi connectivity index (χ4n) is 1.77. The van der Waals surface area contributed by atoms with E-state index >= 15 is 0 Å². The molecule has 0 fully saturated rings. The Kier molecular flexibility index (Phi) is 13.1. The van der Waals surface area contributed by atoms with Crippen molar-refractivity contribution in [3.8, 4) is 0 Å². The topological polar surface area (TPSA) is 44.8 Å². The molecule has 0 saturated carbocycles. The van der Waals surface area contributed by atoms with Gasteiger partial charge in [0.2, 0.25) is 5.43 Å². The summed E-state index contributed by atoms with van der Waals surface area (Å²) >= 11 is 4.76. The van der Waals surface area contributed by atoms with Crippen LogP contribution in [-0.2, 0) is 4.74 Å². The lowest BCUT2D eigenvalue weighted by molar-refractivity contribution is 0.114. The third-order valence-corrected chi connectivity index (χ3v) is 4.13. The van der Waals surface area contributed by atoms with Crippen molar-refractivity contribution in [3.05, 3.63) is 20.8 Å². The Morgan fingerprint density at radius 1 is 1.09 bits per heavy atom. The van der Waals surface area contributed by atoms with Crippen LogP contribution in [0.4, 0.5) is 5.69 Å². The van der Waals surface area contributed by atoms with Gasteiger partial charge in [-0.15, -0.1) is 0 Å². The maximum atomic E-state index is 11.1. The van der Waals surface area contributed by atoms with E-state index in [0.717, 1.165) is 39.3 Å². The minimum absolute atomic E-state index is 0.0526. The number of nitrogens with one attached hydrogen (secondary N) is 1. The van der Waals surface area contributed by atoms with Crippen molar-refractivity contribution in [3.63, 3.8) is 0 Å². The van der Waals surface area contributed by atoms with Gasteiger partial charge in [-0.25, -0.2) is 0 Å². The van der Waals surface area contributed by atoms with Crippen LogP contribution in [0.2, 0.25) is 0 Å². The van der Waals surface area contributed by atoms with Crippen LogP contribution in [0.5, 0.6) is 0 Å². The minimum Gasteiger partial charge on any atom is -0.379 e. The molecule has 1 N–H and O–H groups in total. The van der Waals surface area contributed by atoms with E-state index < -0.39 is 0 Å². The van der Waals surface area contributed by atoms with Gasteiger partial charge in [0.05, 0.1) is 23.4 Å². The molecule has 0 radical (unpaired) electrons. The summed E-state index contributed by atoms with van der Waals surface area (Å²) < 4.78 is 5.89. The summed E-state index contributed by atoms with van der Waals surface area (Å²) in [7, 11) is 2.11. The molecule has 0 amide bonds. The molecule has 0 spiro atoms. The van der Waals surface area contributed by atoms with Gasteiger partial charge in [0.1, 0.15) is 0 Å². The fraction of sp³-hybridized carbons (Fsp3) is 0.765. The van der Waals surface area contributed by atoms with E-state index in [0.29, 0.717) is 23.3 Å². The van der Waals surface area contributed by atoms with Crippen molar-refractivity contribution in [1.29, 1.82) is 0 Å². The number of likely N-dealkylation sites (N-methyl/N-ethyl adjacent to an activating group) is 1. The monoisotopic (exact) mass is 343 g/mol. The SMILES string of the molecule is CCN(C)CC.CCN(CC)CCOCCNc1cc(=S)c1=O. The van der Waals surface area contributed by atoms with Crippen LogP contribution >= 0.6 is 12.2 Å². The second kappa shape index (κ2) is 13.6. The summed E-state index contributed by atoms with van der Waals surface area (Å²) in [6.07, 6.45) is 0. The van der Waals surface area contributed by atoms with E-state index in [9.17, 15) is 4.79 Å². The van der Waals surface area contributed by atoms with E-state index in [1.807, 2.05) is 0 Å². The third kappa shape index (κ3) is 9.81. The smallest absolute Gasteiger partial charge is 0.219 e. The molecule has 0 aliphatic heterocycles. The number of ether oxygens (including phenoxy) is 1. The van der Waals surface area contributed by atoms with E-state index in [1.54, 1.807) is 6.07 Å². The molecular formula is C17H33N3O2S. The van der Waals surface area contributed by atoms with Crippen LogP contribution in [0, 0.1) is 4.51 Å². The summed E-state index contributed by atoms with van der Waals surface area (Å²) in [6.45, 7) is 16.0. The number of nitrogens with zero attached hydrogens (tertiary/aromatic N) is 2. The first-order valence-corrected chi connectivity index (χ1v) is 8.93. The molecule has 0 heterocycles. The molecule has 1 rings (SSSR count). The first-order chi connectivity index (χ1) is 11.0. The zero-order chi connectivity index (χ0) is 17.7. The Morgan fingerprint density at radius 2 is 1.70 bits per heavy atom. The predicted molar refractivity (Wildman–Crippen MR) is 102 cm³/mol. The van der Waals surface area contributed by atoms with Crippen LogP contribution in [0.1, 0.15) is 27.7 Å². The van der Waals surface area contributed by atoms with Gasteiger partial charge in [0, 0.05) is 13.1 Å². The van der Waals surface area contributed by atoms with Crippen molar-refractivity contribution >= 4 is 17.9 Å². The van der Waals surface area contributed by atoms with Crippen molar-refractivity contribution in [2.45, 2.75) is 27.7 Å². The zero-order valence-electron chi connectivity index (χ0n) is 15.4. The molecule has 6 heteroatoms. The lowest BCUT2D eigenvalue weighted by Gasteiger charge is -2.17. The second-order valence-corrected chi connectivity index (χ2v) is 5.75. The highest BCUT2D eigenvalue weighted by Gasteiger charge is 2.04. The molecule has 0 bridgehead atoms. The second-order valence-electron chi connectivity index (χ2n) is 5.31. The van der Waals surface area contributed by atoms with Crippen LogP contribution in [0.15, 0.2) is 10.9 Å². The number of rotatable bonds is 11. The summed E-state index contributed by atoms with van der Waals surface area (Å²) in [6, 6.07) is 1.69. The van der Waals surface area contributed by atoms with Gasteiger partial charge >= 0.3 is 0 Å². The average molecular weight is 344 g/mol. The predicted octanol–water partition coefficient (Wildman–Crippen LogP) is 2.38. The quantitative estimate of drug-likeness (QED) is 0.492. The van der Waals surface area contributed by atoms with Crippen molar-refractivity contribution < 1.29 is 4.74 Å². The maximum Gasteiger partial charge on any atom is 0.219 e. The number of anilines is 1. The van der Waals surface area contributed by atoms with Crippen LogP contribution < -0.4 is 10.7 Å². The van der Waals surface area contributed by atoms with Gasteiger partial charge in [-0.05, 0) is 39.3 Å². The van der Waals surface area contributed by atoms with E-state index in [-0.39, 0.29) is 5.43 Å². The maximum absolute atomic E-state index is 11.1. The van der Waals surface area contributed by atoms with Gasteiger partial charge in [0.25, 0.3) is 0 Å². The molecule has 1 aromatic rings. The number of hydrogen-bond donors (Lipinski definition) is 1. The highest BCUT2D eigenvalue weighted by molar-refractivity contribution is 7.71. The summed E-state index contributed by atoms with van der Waals surface area (Å²) in [4.78, 5) is 15.7. The molecule has 0 saturated heterocycles. The largest absolute Gasteiger partial charge is 0.379 e. The number of hydrogen-bond acceptors (Lipinski definition) is 6. The Balaban J connectivity index is 0.000000688. The Labute approximate surface area is 146 Å². The van der Waals surface area contributed by atoms with E-state index in [1.165, 1.54) is 0 Å². The van der Waals surface area contributed by atoms with Crippen LogP contribution in [-0.4, -0.2) is 69.3 Å². The average Bonchev–Trinajstić information content (AvgIpc) is 2.59. The standard InChI is InChI=1S/C12H20N2O2S.C5H13N/c1-3-14(4-2)6-8-16-7-5-13-10-9-11(17)12(10)15;1-4-6(3)5-2/h9,13H,3-8H2,1-2H3;4-5H2,1-3H3. The minimum atomic E-state index is -0.0526. The lowest BCUT2D eigenvalue weighted by atomic mass is 10.3. The highest BCUT2D eigenvalue weighted by atomic mass is 32.1. The Bertz CT molecular complexity index is 464. The summed E-state index contributed by atoms with van der Waals surface area (Å²) in [5.74, 6) is 0. The summed E-state index contributed by atoms with van der Waals surface area (Å²) in [5.41, 5.74) is 0.561. The molecule has 1 aromatic carbocycles. The fourth-order valence-corrected chi connectivity index (χ4v) is 1.99. The normalized spacial score (nSPS) is 10.9. The molecule has 0 aliphatic carbocycles. The molecule has 0 aliphatic rings. The Morgan fingerprint density at radius 3 is 2.09 bits per heavy atom. The zero-order valence-corrected chi connectivity index (χ0v) is 16.2. The molecular weight excluding hydrogens is 310 g/mol. The Hall–Kier alpha value is -0.820. The van der Waals surface area contributed by atoms with Crippen molar-refractivity contribution in [1.82, 2.24) is 9.80 Å². The first kappa shape index (κ1) is 22.2.